The molecule has 0 N–H and O–H groups in total. The number of hydrogen-bond donors (Lipinski definition) is 0. The fourth-order valence-corrected chi connectivity index (χ4v) is 2.10. The van der Waals surface area contributed by atoms with Crippen LogP contribution in [0.4, 0.5) is 0 Å². The second-order valence-corrected chi connectivity index (χ2v) is 7.62. The molecule has 0 amide bonds. The molecule has 0 heterocycles. The van der Waals surface area contributed by atoms with Gasteiger partial charge in [0.05, 0.1) is 0 Å². The molecule has 0 aliphatic carbocycles. The van der Waals surface area contributed by atoms with Crippen LogP contribution in [0.3, 0.4) is 0 Å². The summed E-state index contributed by atoms with van der Waals surface area (Å²) in [4.78, 5) is 0. The van der Waals surface area contributed by atoms with Crippen molar-refractivity contribution < 1.29 is 54.1 Å². The number of benzene rings is 2. The van der Waals surface area contributed by atoms with E-state index in [2.05, 4.69) is 48.5 Å². The Bertz CT molecular complexity index is 499. The van der Waals surface area contributed by atoms with E-state index in [0.717, 1.165) is 0 Å². The van der Waals surface area contributed by atoms with Crippen LogP contribution in [-0.2, 0) is 47.0 Å². The maximum absolute atomic E-state index is 8.52. The SMILES string of the molecule is O=S(=O)([O-])[O-].[Zn+][c]1ccccc1.[Zn+][c]1ccccc1. The Kier molecular flexibility index (Phi) is 10.1. The van der Waals surface area contributed by atoms with Gasteiger partial charge in [-0.2, -0.15) is 0 Å². The van der Waals surface area contributed by atoms with Crippen LogP contribution in [0, 0.1) is 0 Å². The first-order valence-corrected chi connectivity index (χ1v) is 9.50. The fourth-order valence-electron chi connectivity index (χ4n) is 0.956. The third kappa shape index (κ3) is 17.6. The summed E-state index contributed by atoms with van der Waals surface area (Å²) in [6.45, 7) is 0. The molecule has 0 saturated carbocycles. The minimum absolute atomic E-state index is 1.26. The molecule has 19 heavy (non-hydrogen) atoms. The number of hydrogen-bond acceptors (Lipinski definition) is 4. The van der Waals surface area contributed by atoms with E-state index in [1.165, 1.54) is 44.9 Å². The first-order valence-electron chi connectivity index (χ1n) is 5.20. The van der Waals surface area contributed by atoms with Crippen molar-refractivity contribution in [1.29, 1.82) is 0 Å². The Morgan fingerprint density at radius 3 is 1.00 bits per heavy atom. The molecule has 7 heteroatoms. The summed E-state index contributed by atoms with van der Waals surface area (Å²) in [5.41, 5.74) is 0. The molecule has 0 saturated heterocycles. The van der Waals surface area contributed by atoms with Gasteiger partial charge in [0.15, 0.2) is 0 Å². The summed E-state index contributed by atoms with van der Waals surface area (Å²) in [7, 11) is -5.17. The Hall–Kier alpha value is -0.443. The molecule has 92 valence electrons. The van der Waals surface area contributed by atoms with Crippen LogP contribution in [0.25, 0.3) is 0 Å². The standard InChI is InChI=1S/2C6H5.H2O4S.2Zn/c2*1-2-4-6-5-3-1;1-5(2,3)4;;/h2*1-5H;(H2,1,2,3,4);;/q;;;2*+1/p-2. The van der Waals surface area contributed by atoms with Crippen molar-refractivity contribution >= 4 is 18.7 Å². The van der Waals surface area contributed by atoms with E-state index < -0.39 is 10.4 Å². The molecule has 0 aliphatic heterocycles. The first-order chi connectivity index (χ1) is 8.79. The van der Waals surface area contributed by atoms with E-state index in [-0.39, 0.29) is 0 Å². The second-order valence-electron chi connectivity index (χ2n) is 3.38. The number of rotatable bonds is 0. The molecule has 0 spiro atoms. The van der Waals surface area contributed by atoms with Crippen molar-refractivity contribution in [2.45, 2.75) is 0 Å². The normalized spacial score (nSPS) is 9.58. The van der Waals surface area contributed by atoms with E-state index in [0.29, 0.717) is 0 Å². The Balaban J connectivity index is 0.000000261. The van der Waals surface area contributed by atoms with Crippen LogP contribution < -0.4 is 8.32 Å². The van der Waals surface area contributed by atoms with Crippen molar-refractivity contribution in [2.75, 3.05) is 0 Å². The second kappa shape index (κ2) is 10.4. The Morgan fingerprint density at radius 2 is 0.895 bits per heavy atom. The Morgan fingerprint density at radius 1 is 0.684 bits per heavy atom. The van der Waals surface area contributed by atoms with Gasteiger partial charge >= 0.3 is 106 Å². The van der Waals surface area contributed by atoms with Gasteiger partial charge in [-0.15, -0.1) is 0 Å². The third-order valence-corrected chi connectivity index (χ3v) is 3.66. The molecule has 0 fully saturated rings. The van der Waals surface area contributed by atoms with Crippen molar-refractivity contribution in [3.63, 3.8) is 0 Å². The molecule has 2 aromatic rings. The minimum atomic E-state index is -5.17. The van der Waals surface area contributed by atoms with Gasteiger partial charge in [0, 0.05) is 10.4 Å². The predicted molar refractivity (Wildman–Crippen MR) is 62.6 cm³/mol. The van der Waals surface area contributed by atoms with Gasteiger partial charge in [0.2, 0.25) is 0 Å². The van der Waals surface area contributed by atoms with Crippen LogP contribution >= 0.6 is 0 Å². The summed E-state index contributed by atoms with van der Waals surface area (Å²) in [5, 5.41) is 0. The van der Waals surface area contributed by atoms with Crippen LogP contribution in [0.5, 0.6) is 0 Å². The topological polar surface area (TPSA) is 80.3 Å². The third-order valence-electron chi connectivity index (χ3n) is 1.69. The fraction of sp³-hybridized carbons (Fsp3) is 0. The zero-order chi connectivity index (χ0) is 14.7. The molecular weight excluding hydrogens is 371 g/mol. The molecule has 0 unspecified atom stereocenters. The molecule has 0 atom stereocenters. The van der Waals surface area contributed by atoms with Crippen molar-refractivity contribution in [1.82, 2.24) is 0 Å². The molecular formula is C12H10O4SZn2. The van der Waals surface area contributed by atoms with E-state index in [9.17, 15) is 0 Å². The van der Waals surface area contributed by atoms with Crippen LogP contribution in [0.1, 0.15) is 0 Å². The average molecular weight is 381 g/mol. The predicted octanol–water partition coefficient (Wildman–Crippen LogP) is 0.379. The molecule has 0 aromatic heterocycles. The van der Waals surface area contributed by atoms with E-state index >= 15 is 0 Å². The van der Waals surface area contributed by atoms with Crippen LogP contribution in [0.2, 0.25) is 0 Å². The monoisotopic (exact) mass is 378 g/mol. The average Bonchev–Trinajstić information content (AvgIpc) is 2.29. The van der Waals surface area contributed by atoms with Gasteiger partial charge in [0.1, 0.15) is 0 Å². The van der Waals surface area contributed by atoms with E-state index in [1.807, 2.05) is 12.1 Å². The van der Waals surface area contributed by atoms with Crippen LogP contribution in [-0.4, -0.2) is 17.5 Å². The van der Waals surface area contributed by atoms with Crippen LogP contribution in [0.15, 0.2) is 60.7 Å². The zero-order valence-corrected chi connectivity index (χ0v) is 17.0. The molecule has 0 radical (unpaired) electrons. The first kappa shape index (κ1) is 18.6. The Labute approximate surface area is 133 Å². The summed E-state index contributed by atoms with van der Waals surface area (Å²) in [5.74, 6) is 0. The van der Waals surface area contributed by atoms with Gasteiger partial charge in [-0.25, -0.2) is 0 Å². The van der Waals surface area contributed by atoms with Gasteiger partial charge in [-0.3, -0.25) is 8.42 Å². The van der Waals surface area contributed by atoms with Crippen molar-refractivity contribution in [3.8, 4) is 0 Å². The summed E-state index contributed by atoms with van der Waals surface area (Å²) >= 11 is 2.53. The van der Waals surface area contributed by atoms with Gasteiger partial charge in [-0.1, -0.05) is 0 Å². The molecule has 2 aromatic carbocycles. The maximum atomic E-state index is 8.52. The van der Waals surface area contributed by atoms with E-state index in [1.54, 1.807) is 0 Å². The van der Waals surface area contributed by atoms with Gasteiger partial charge in [-0.05, 0) is 0 Å². The molecule has 2 rings (SSSR count). The summed E-state index contributed by atoms with van der Waals surface area (Å²) in [6.07, 6.45) is 0. The molecule has 4 nitrogen and oxygen atoms in total. The summed E-state index contributed by atoms with van der Waals surface area (Å²) < 4.78 is 37.0. The summed E-state index contributed by atoms with van der Waals surface area (Å²) in [6, 6.07) is 20.9. The van der Waals surface area contributed by atoms with Gasteiger partial charge < -0.3 is 9.11 Å². The molecule has 0 bridgehead atoms. The van der Waals surface area contributed by atoms with Crippen molar-refractivity contribution in [3.05, 3.63) is 60.7 Å². The molecule has 0 aliphatic rings. The quantitative estimate of drug-likeness (QED) is 0.376. The van der Waals surface area contributed by atoms with Crippen molar-refractivity contribution in [2.24, 2.45) is 0 Å². The van der Waals surface area contributed by atoms with E-state index in [4.69, 9.17) is 17.5 Å². The zero-order valence-electron chi connectivity index (χ0n) is 10.2. The van der Waals surface area contributed by atoms with Gasteiger partial charge in [0.25, 0.3) is 0 Å².